The first kappa shape index (κ1) is 22.2. The SMILES string of the molecule is COCCNc1cc(NC(=O)N2CCCc3cc(-c4cccnc4)c(C=O)nc32)ncc1N. The molecule has 0 radical (unpaired) electrons. The fourth-order valence-electron chi connectivity index (χ4n) is 3.70. The van der Waals surface area contributed by atoms with Gasteiger partial charge in [0.1, 0.15) is 17.3 Å². The van der Waals surface area contributed by atoms with E-state index in [-0.39, 0.29) is 11.7 Å². The Kier molecular flexibility index (Phi) is 6.75. The number of rotatable bonds is 7. The molecule has 0 bridgehead atoms. The number of hydrogen-bond acceptors (Lipinski definition) is 8. The zero-order chi connectivity index (χ0) is 23.2. The van der Waals surface area contributed by atoms with Crippen LogP contribution in [-0.4, -0.2) is 54.1 Å². The summed E-state index contributed by atoms with van der Waals surface area (Å²) < 4.78 is 5.04. The lowest BCUT2D eigenvalue weighted by Gasteiger charge is -2.29. The average Bonchev–Trinajstić information content (AvgIpc) is 2.85. The van der Waals surface area contributed by atoms with Crippen molar-refractivity contribution in [3.8, 4) is 11.1 Å². The van der Waals surface area contributed by atoms with Crippen molar-refractivity contribution in [2.75, 3.05) is 48.1 Å². The maximum absolute atomic E-state index is 13.1. The number of nitrogen functional groups attached to an aromatic ring is 1. The number of nitrogens with zero attached hydrogens (tertiary/aromatic N) is 4. The Morgan fingerprint density at radius 1 is 1.33 bits per heavy atom. The fraction of sp³-hybridized carbons (Fsp3) is 0.261. The summed E-state index contributed by atoms with van der Waals surface area (Å²) in [6.45, 7) is 1.55. The second kappa shape index (κ2) is 10.0. The van der Waals surface area contributed by atoms with E-state index in [0.717, 1.165) is 24.0 Å². The summed E-state index contributed by atoms with van der Waals surface area (Å²) in [5.41, 5.74) is 9.74. The van der Waals surface area contributed by atoms with Crippen molar-refractivity contribution in [2.45, 2.75) is 12.8 Å². The van der Waals surface area contributed by atoms with E-state index in [1.807, 2.05) is 12.1 Å². The van der Waals surface area contributed by atoms with Gasteiger partial charge in [-0.15, -0.1) is 0 Å². The molecule has 10 nitrogen and oxygen atoms in total. The molecule has 10 heteroatoms. The number of hydrogen-bond donors (Lipinski definition) is 3. The Balaban J connectivity index is 1.58. The Hall–Kier alpha value is -4.05. The highest BCUT2D eigenvalue weighted by Crippen LogP contribution is 2.32. The highest BCUT2D eigenvalue weighted by atomic mass is 16.5. The van der Waals surface area contributed by atoms with E-state index in [9.17, 15) is 9.59 Å². The molecule has 0 spiro atoms. The molecule has 0 atom stereocenters. The molecule has 4 heterocycles. The van der Waals surface area contributed by atoms with Crippen LogP contribution in [0.1, 0.15) is 22.5 Å². The summed E-state index contributed by atoms with van der Waals surface area (Å²) in [4.78, 5) is 39.3. The molecule has 0 aliphatic carbocycles. The standard InChI is InChI=1S/C23H25N7O3/c1-33-9-7-26-19-11-21(27-13-18(19)24)29-23(32)30-8-3-5-15-10-17(16-4-2-6-25-12-16)20(14-31)28-22(15)30/h2,4,6,10-14H,3,5,7-9,24H2,1H3,(H2,26,27,29,32). The smallest absolute Gasteiger partial charge is 0.328 e. The Bertz CT molecular complexity index is 1150. The maximum atomic E-state index is 13.1. The number of fused-ring (bicyclic) bond motifs is 1. The summed E-state index contributed by atoms with van der Waals surface area (Å²) in [6.07, 6.45) is 7.07. The van der Waals surface area contributed by atoms with Crippen molar-refractivity contribution >= 4 is 35.3 Å². The first-order valence-corrected chi connectivity index (χ1v) is 10.6. The van der Waals surface area contributed by atoms with E-state index in [1.165, 1.54) is 11.1 Å². The molecule has 0 aromatic carbocycles. The molecule has 2 amide bonds. The molecular weight excluding hydrogens is 422 g/mol. The lowest BCUT2D eigenvalue weighted by Crippen LogP contribution is -2.39. The molecule has 0 fully saturated rings. The molecule has 0 saturated heterocycles. The first-order chi connectivity index (χ1) is 16.1. The molecule has 4 N–H and O–H groups in total. The van der Waals surface area contributed by atoms with Crippen LogP contribution < -0.4 is 21.3 Å². The number of carbonyl (C=O) groups excluding carboxylic acids is 2. The molecule has 170 valence electrons. The lowest BCUT2D eigenvalue weighted by atomic mass is 9.99. The molecule has 33 heavy (non-hydrogen) atoms. The topological polar surface area (TPSA) is 135 Å². The number of ether oxygens (including phenoxy) is 1. The van der Waals surface area contributed by atoms with Crippen LogP contribution in [0, 0.1) is 0 Å². The number of anilines is 4. The Morgan fingerprint density at radius 3 is 2.97 bits per heavy atom. The van der Waals surface area contributed by atoms with Crippen LogP contribution in [0.3, 0.4) is 0 Å². The average molecular weight is 447 g/mol. The third kappa shape index (κ3) is 4.90. The van der Waals surface area contributed by atoms with Gasteiger partial charge < -0.3 is 15.8 Å². The normalized spacial score (nSPS) is 12.7. The number of urea groups is 1. The Labute approximate surface area is 191 Å². The predicted molar refractivity (Wildman–Crippen MR) is 127 cm³/mol. The minimum Gasteiger partial charge on any atom is -0.396 e. The minimum absolute atomic E-state index is 0.261. The van der Waals surface area contributed by atoms with E-state index >= 15 is 0 Å². The number of amides is 2. The van der Waals surface area contributed by atoms with Gasteiger partial charge in [0, 0.05) is 49.8 Å². The van der Waals surface area contributed by atoms with Crippen LogP contribution in [0.25, 0.3) is 11.1 Å². The summed E-state index contributed by atoms with van der Waals surface area (Å²) >= 11 is 0. The van der Waals surface area contributed by atoms with Gasteiger partial charge in [0.2, 0.25) is 0 Å². The van der Waals surface area contributed by atoms with E-state index in [2.05, 4.69) is 25.6 Å². The molecule has 3 aromatic rings. The number of aldehydes is 1. The second-order valence-electron chi connectivity index (χ2n) is 7.53. The van der Waals surface area contributed by atoms with Gasteiger partial charge in [-0.3, -0.25) is 20.0 Å². The van der Waals surface area contributed by atoms with Crippen molar-refractivity contribution < 1.29 is 14.3 Å². The van der Waals surface area contributed by atoms with Gasteiger partial charge in [-0.2, -0.15) is 0 Å². The number of aromatic nitrogens is 3. The number of aryl methyl sites for hydroxylation is 1. The molecule has 4 rings (SSSR count). The van der Waals surface area contributed by atoms with Gasteiger partial charge in [0.05, 0.1) is 24.2 Å². The lowest BCUT2D eigenvalue weighted by molar-refractivity contribution is 0.111. The van der Waals surface area contributed by atoms with Gasteiger partial charge in [-0.05, 0) is 30.5 Å². The van der Waals surface area contributed by atoms with Gasteiger partial charge in [0.15, 0.2) is 6.29 Å². The second-order valence-corrected chi connectivity index (χ2v) is 7.53. The quantitative estimate of drug-likeness (QED) is 0.372. The van der Waals surface area contributed by atoms with Crippen molar-refractivity contribution in [2.24, 2.45) is 0 Å². The van der Waals surface area contributed by atoms with E-state index in [4.69, 9.17) is 10.5 Å². The van der Waals surface area contributed by atoms with Crippen LogP contribution in [0.2, 0.25) is 0 Å². The number of carbonyl (C=O) groups is 2. The number of nitrogens with two attached hydrogens (primary N) is 1. The number of nitrogens with one attached hydrogen (secondary N) is 2. The van der Waals surface area contributed by atoms with Gasteiger partial charge in [-0.25, -0.2) is 14.8 Å². The largest absolute Gasteiger partial charge is 0.396 e. The van der Waals surface area contributed by atoms with Crippen molar-refractivity contribution in [1.29, 1.82) is 0 Å². The number of pyridine rings is 3. The fourth-order valence-corrected chi connectivity index (χ4v) is 3.70. The Morgan fingerprint density at radius 2 is 2.21 bits per heavy atom. The third-order valence-electron chi connectivity index (χ3n) is 5.31. The number of methoxy groups -OCH3 is 1. The predicted octanol–water partition coefficient (Wildman–Crippen LogP) is 2.98. The molecule has 1 aliphatic rings. The van der Waals surface area contributed by atoms with E-state index < -0.39 is 0 Å². The van der Waals surface area contributed by atoms with Crippen LogP contribution in [0.5, 0.6) is 0 Å². The third-order valence-corrected chi connectivity index (χ3v) is 5.31. The summed E-state index contributed by atoms with van der Waals surface area (Å²) in [5.74, 6) is 0.825. The molecule has 0 saturated carbocycles. The maximum Gasteiger partial charge on any atom is 0.328 e. The van der Waals surface area contributed by atoms with Crippen LogP contribution in [-0.2, 0) is 11.2 Å². The molecule has 0 unspecified atom stereocenters. The van der Waals surface area contributed by atoms with Crippen molar-refractivity contribution in [3.05, 3.63) is 54.1 Å². The molecular formula is C23H25N7O3. The molecule has 3 aromatic heterocycles. The molecule has 1 aliphatic heterocycles. The van der Waals surface area contributed by atoms with Crippen molar-refractivity contribution in [3.63, 3.8) is 0 Å². The summed E-state index contributed by atoms with van der Waals surface area (Å²) in [5, 5.41) is 5.95. The van der Waals surface area contributed by atoms with Crippen LogP contribution in [0.4, 0.5) is 27.8 Å². The zero-order valence-corrected chi connectivity index (χ0v) is 18.2. The monoisotopic (exact) mass is 447 g/mol. The zero-order valence-electron chi connectivity index (χ0n) is 18.2. The highest BCUT2D eigenvalue weighted by molar-refractivity contribution is 6.02. The van der Waals surface area contributed by atoms with E-state index in [0.29, 0.717) is 54.6 Å². The van der Waals surface area contributed by atoms with Gasteiger partial charge in [0.25, 0.3) is 0 Å². The van der Waals surface area contributed by atoms with Crippen molar-refractivity contribution in [1.82, 2.24) is 15.0 Å². The van der Waals surface area contributed by atoms with Crippen LogP contribution >= 0.6 is 0 Å². The first-order valence-electron chi connectivity index (χ1n) is 10.6. The highest BCUT2D eigenvalue weighted by Gasteiger charge is 2.26. The van der Waals surface area contributed by atoms with Gasteiger partial charge in [-0.1, -0.05) is 6.07 Å². The van der Waals surface area contributed by atoms with Crippen LogP contribution in [0.15, 0.2) is 42.9 Å². The summed E-state index contributed by atoms with van der Waals surface area (Å²) in [6, 6.07) is 6.89. The summed E-state index contributed by atoms with van der Waals surface area (Å²) in [7, 11) is 1.61. The van der Waals surface area contributed by atoms with E-state index in [1.54, 1.807) is 31.6 Å². The van der Waals surface area contributed by atoms with Gasteiger partial charge >= 0.3 is 6.03 Å². The minimum atomic E-state index is -0.380.